The molecule has 0 aromatic heterocycles. The Bertz CT molecular complexity index is 321. The van der Waals surface area contributed by atoms with Gasteiger partial charge in [0.25, 0.3) is 0 Å². The van der Waals surface area contributed by atoms with Crippen LogP contribution in [0.25, 0.3) is 0 Å². The van der Waals surface area contributed by atoms with Gasteiger partial charge in [-0.25, -0.2) is 0 Å². The molecule has 0 aromatic rings. The van der Waals surface area contributed by atoms with Gasteiger partial charge in [-0.1, -0.05) is 20.8 Å². The zero-order valence-electron chi connectivity index (χ0n) is 14.9. The summed E-state index contributed by atoms with van der Waals surface area (Å²) in [5, 5.41) is 10.1. The first-order valence-electron chi connectivity index (χ1n) is 8.11. The molecule has 2 atom stereocenters. The Morgan fingerprint density at radius 2 is 1.67 bits per heavy atom. The molecular weight excluding hydrogens is 316 g/mol. The maximum absolute atomic E-state index is 9.89. The van der Waals surface area contributed by atoms with E-state index in [0.717, 1.165) is 12.8 Å². The van der Waals surface area contributed by atoms with Crippen molar-refractivity contribution in [2.24, 2.45) is 0 Å². The van der Waals surface area contributed by atoms with Crippen LogP contribution in [-0.2, 0) is 4.43 Å². The lowest BCUT2D eigenvalue weighted by Crippen LogP contribution is -2.45. The highest BCUT2D eigenvalue weighted by Crippen LogP contribution is 2.49. The lowest BCUT2D eigenvalue weighted by molar-refractivity contribution is 0.154. The van der Waals surface area contributed by atoms with Gasteiger partial charge in [-0.3, -0.25) is 0 Å². The third-order valence-corrected chi connectivity index (χ3v) is 12.5. The number of hydrogen-bond acceptors (Lipinski definition) is 4. The highest BCUT2D eigenvalue weighted by atomic mass is 32.2. The van der Waals surface area contributed by atoms with E-state index >= 15 is 0 Å². The van der Waals surface area contributed by atoms with Crippen molar-refractivity contribution in [2.45, 2.75) is 88.3 Å². The molecule has 0 saturated carbocycles. The van der Waals surface area contributed by atoms with Crippen molar-refractivity contribution in [1.82, 2.24) is 0 Å². The molecule has 0 radical (unpaired) electrons. The SMILES string of the molecule is C[C@H](CC1(C[C@@H](C)O)SCCCS1)O[Si](C)(C)C(C)(C)C. The van der Waals surface area contributed by atoms with Crippen LogP contribution in [0.5, 0.6) is 0 Å². The fourth-order valence-electron chi connectivity index (χ4n) is 2.55. The van der Waals surface area contributed by atoms with Crippen molar-refractivity contribution in [1.29, 1.82) is 0 Å². The minimum atomic E-state index is -1.71. The summed E-state index contributed by atoms with van der Waals surface area (Å²) in [5.74, 6) is 2.43. The molecule has 5 heteroatoms. The van der Waals surface area contributed by atoms with Gasteiger partial charge in [0.05, 0.1) is 10.2 Å². The number of aliphatic hydroxyl groups excluding tert-OH is 1. The fraction of sp³-hybridized carbons (Fsp3) is 1.00. The summed E-state index contributed by atoms with van der Waals surface area (Å²) in [6.45, 7) is 15.7. The van der Waals surface area contributed by atoms with E-state index in [2.05, 4.69) is 40.8 Å². The first-order valence-corrected chi connectivity index (χ1v) is 13.0. The largest absolute Gasteiger partial charge is 0.414 e. The van der Waals surface area contributed by atoms with Crippen LogP contribution in [0.1, 0.15) is 53.9 Å². The summed E-state index contributed by atoms with van der Waals surface area (Å²) < 4.78 is 6.69. The Kier molecular flexibility index (Phi) is 7.20. The molecule has 1 N–H and O–H groups in total. The van der Waals surface area contributed by atoms with Crippen LogP contribution in [-0.4, -0.2) is 41.2 Å². The molecule has 1 saturated heterocycles. The van der Waals surface area contributed by atoms with Crippen LogP contribution in [0, 0.1) is 0 Å². The van der Waals surface area contributed by atoms with Crippen molar-refractivity contribution in [3.63, 3.8) is 0 Å². The Morgan fingerprint density at radius 1 is 1.14 bits per heavy atom. The molecule has 0 bridgehead atoms. The Morgan fingerprint density at radius 3 is 2.10 bits per heavy atom. The maximum Gasteiger partial charge on any atom is 0.192 e. The van der Waals surface area contributed by atoms with Gasteiger partial charge in [0.1, 0.15) is 0 Å². The Labute approximate surface area is 141 Å². The van der Waals surface area contributed by atoms with Crippen LogP contribution < -0.4 is 0 Å². The van der Waals surface area contributed by atoms with E-state index in [4.69, 9.17) is 4.43 Å². The summed E-state index contributed by atoms with van der Waals surface area (Å²) in [7, 11) is -1.71. The van der Waals surface area contributed by atoms with Gasteiger partial charge >= 0.3 is 0 Å². The molecule has 0 aliphatic carbocycles. The van der Waals surface area contributed by atoms with E-state index < -0.39 is 8.32 Å². The van der Waals surface area contributed by atoms with Crippen molar-refractivity contribution >= 4 is 31.8 Å². The zero-order valence-corrected chi connectivity index (χ0v) is 17.5. The smallest absolute Gasteiger partial charge is 0.192 e. The van der Waals surface area contributed by atoms with Gasteiger partial charge in [-0.05, 0) is 62.7 Å². The van der Waals surface area contributed by atoms with Crippen LogP contribution in [0.4, 0.5) is 0 Å². The van der Waals surface area contributed by atoms with E-state index in [1.165, 1.54) is 17.9 Å². The molecule has 1 rings (SSSR count). The molecule has 21 heavy (non-hydrogen) atoms. The minimum absolute atomic E-state index is 0.147. The number of hydrogen-bond donors (Lipinski definition) is 1. The quantitative estimate of drug-likeness (QED) is 0.673. The van der Waals surface area contributed by atoms with Gasteiger partial charge in [0.2, 0.25) is 0 Å². The molecule has 1 aliphatic rings. The topological polar surface area (TPSA) is 29.5 Å². The fourth-order valence-corrected chi connectivity index (χ4v) is 7.75. The molecule has 126 valence electrons. The normalized spacial score (nSPS) is 22.9. The standard InChI is InChI=1S/C16H34O2S2Si/c1-13(17)11-16(19-9-8-10-20-16)12-14(2)18-21(6,7)15(3,4)5/h13-14,17H,8-12H2,1-7H3/t13-,14-/m1/s1. The molecule has 1 heterocycles. The average Bonchev–Trinajstić information content (AvgIpc) is 2.25. The van der Waals surface area contributed by atoms with Crippen molar-refractivity contribution < 1.29 is 9.53 Å². The van der Waals surface area contributed by atoms with Crippen LogP contribution in [0.2, 0.25) is 18.1 Å². The summed E-state index contributed by atoms with van der Waals surface area (Å²) in [6, 6.07) is 0. The van der Waals surface area contributed by atoms with Crippen LogP contribution in [0.15, 0.2) is 0 Å². The van der Waals surface area contributed by atoms with E-state index in [1.54, 1.807) is 0 Å². The number of thioether (sulfide) groups is 2. The van der Waals surface area contributed by atoms with Crippen LogP contribution in [0.3, 0.4) is 0 Å². The molecule has 1 aliphatic heterocycles. The lowest BCUT2D eigenvalue weighted by atomic mass is 10.1. The summed E-state index contributed by atoms with van der Waals surface area (Å²) in [5.41, 5.74) is 0. The van der Waals surface area contributed by atoms with Crippen LogP contribution >= 0.6 is 23.5 Å². The van der Waals surface area contributed by atoms with Crippen molar-refractivity contribution in [3.8, 4) is 0 Å². The van der Waals surface area contributed by atoms with Gasteiger partial charge < -0.3 is 9.53 Å². The third kappa shape index (κ3) is 6.09. The predicted octanol–water partition coefficient (Wildman–Crippen LogP) is 5.12. The van der Waals surface area contributed by atoms with Gasteiger partial charge in [-0.15, -0.1) is 23.5 Å². The first kappa shape index (κ1) is 19.9. The minimum Gasteiger partial charge on any atom is -0.414 e. The second-order valence-electron chi connectivity index (χ2n) is 7.91. The first-order chi connectivity index (χ1) is 9.47. The van der Waals surface area contributed by atoms with Gasteiger partial charge in [0, 0.05) is 6.10 Å². The van der Waals surface area contributed by atoms with E-state index in [9.17, 15) is 5.11 Å². The monoisotopic (exact) mass is 350 g/mol. The van der Waals surface area contributed by atoms with Gasteiger partial charge in [0.15, 0.2) is 8.32 Å². The van der Waals surface area contributed by atoms with Crippen molar-refractivity contribution in [2.75, 3.05) is 11.5 Å². The summed E-state index contributed by atoms with van der Waals surface area (Å²) >= 11 is 4.08. The lowest BCUT2D eigenvalue weighted by Gasteiger charge is -2.43. The maximum atomic E-state index is 9.89. The Hall–Kier alpha value is 0.837. The van der Waals surface area contributed by atoms with Crippen molar-refractivity contribution in [3.05, 3.63) is 0 Å². The highest BCUT2D eigenvalue weighted by molar-refractivity contribution is 8.18. The average molecular weight is 351 g/mol. The van der Waals surface area contributed by atoms with E-state index in [-0.39, 0.29) is 21.3 Å². The highest BCUT2D eigenvalue weighted by Gasteiger charge is 2.41. The van der Waals surface area contributed by atoms with E-state index in [0.29, 0.717) is 0 Å². The molecule has 0 spiro atoms. The predicted molar refractivity (Wildman–Crippen MR) is 101 cm³/mol. The number of aliphatic hydroxyl groups is 1. The molecule has 0 aromatic carbocycles. The molecule has 1 fully saturated rings. The summed E-state index contributed by atoms with van der Waals surface area (Å²) in [4.78, 5) is 0. The zero-order chi connectivity index (χ0) is 16.3. The van der Waals surface area contributed by atoms with Gasteiger partial charge in [-0.2, -0.15) is 0 Å². The third-order valence-electron chi connectivity index (χ3n) is 4.53. The molecular formula is C16H34O2S2Si. The van der Waals surface area contributed by atoms with E-state index in [1.807, 2.05) is 30.4 Å². The molecule has 0 amide bonds. The second kappa shape index (κ2) is 7.60. The molecule has 2 nitrogen and oxygen atoms in total. The molecule has 0 unspecified atom stereocenters. The second-order valence-corrected chi connectivity index (χ2v) is 15.9. The number of rotatable bonds is 6. The summed E-state index contributed by atoms with van der Waals surface area (Å²) in [6.07, 6.45) is 3.23. The Balaban J connectivity index is 2.70.